The van der Waals surface area contributed by atoms with Gasteiger partial charge >= 0.3 is 5.97 Å². The molecule has 2 rings (SSSR count). The Morgan fingerprint density at radius 1 is 0.839 bits per heavy atom. The van der Waals surface area contributed by atoms with Gasteiger partial charge in [-0.1, -0.05) is 103 Å². The van der Waals surface area contributed by atoms with Crippen molar-refractivity contribution in [3.63, 3.8) is 0 Å². The maximum atomic E-state index is 11.9. The Balaban J connectivity index is 1.68. The number of carbonyl (C=O) groups is 1. The molecule has 4 nitrogen and oxygen atoms in total. The van der Waals surface area contributed by atoms with Gasteiger partial charge in [0.15, 0.2) is 11.6 Å². The first-order chi connectivity index (χ1) is 15.1. The SMILES string of the molecule is CCCCCCCCCCCCc1ccc(-c2ncc(OC(=O)C(C)CC)cn2)cc1. The fourth-order valence-electron chi connectivity index (χ4n) is 3.54. The van der Waals surface area contributed by atoms with Crippen LogP contribution >= 0.6 is 0 Å². The van der Waals surface area contributed by atoms with Crippen LogP contribution in [0.3, 0.4) is 0 Å². The average molecular weight is 425 g/mol. The Kier molecular flexibility index (Phi) is 11.9. The summed E-state index contributed by atoms with van der Waals surface area (Å²) in [5.74, 6) is 0.679. The van der Waals surface area contributed by atoms with Crippen molar-refractivity contribution in [1.29, 1.82) is 0 Å². The Morgan fingerprint density at radius 2 is 1.39 bits per heavy atom. The molecular weight excluding hydrogens is 384 g/mol. The van der Waals surface area contributed by atoms with E-state index in [1.54, 1.807) is 12.4 Å². The molecule has 0 amide bonds. The highest BCUT2D eigenvalue weighted by Gasteiger charge is 2.13. The van der Waals surface area contributed by atoms with Crippen molar-refractivity contribution in [2.75, 3.05) is 0 Å². The van der Waals surface area contributed by atoms with Gasteiger partial charge in [0.25, 0.3) is 0 Å². The van der Waals surface area contributed by atoms with E-state index in [0.717, 1.165) is 18.4 Å². The molecule has 0 spiro atoms. The van der Waals surface area contributed by atoms with E-state index in [4.69, 9.17) is 4.74 Å². The summed E-state index contributed by atoms with van der Waals surface area (Å²) in [5, 5.41) is 0. The van der Waals surface area contributed by atoms with Gasteiger partial charge in [0.05, 0.1) is 18.3 Å². The number of aryl methyl sites for hydroxylation is 1. The fourth-order valence-corrected chi connectivity index (χ4v) is 3.54. The molecule has 1 heterocycles. The van der Waals surface area contributed by atoms with Crippen molar-refractivity contribution in [3.05, 3.63) is 42.2 Å². The Labute approximate surface area is 188 Å². The van der Waals surface area contributed by atoms with Crippen molar-refractivity contribution < 1.29 is 9.53 Å². The molecule has 1 aromatic heterocycles. The molecule has 0 aliphatic heterocycles. The second-order valence-corrected chi connectivity index (χ2v) is 8.60. The molecule has 1 unspecified atom stereocenters. The fraction of sp³-hybridized carbons (Fsp3) is 0.593. The van der Waals surface area contributed by atoms with Crippen molar-refractivity contribution in [3.8, 4) is 17.1 Å². The number of rotatable bonds is 15. The number of hydrogen-bond acceptors (Lipinski definition) is 4. The third kappa shape index (κ3) is 9.63. The predicted molar refractivity (Wildman–Crippen MR) is 128 cm³/mol. The highest BCUT2D eigenvalue weighted by Crippen LogP contribution is 2.19. The summed E-state index contributed by atoms with van der Waals surface area (Å²) in [6, 6.07) is 8.49. The maximum absolute atomic E-state index is 11.9. The van der Waals surface area contributed by atoms with Gasteiger partial charge in [-0.3, -0.25) is 4.79 Å². The van der Waals surface area contributed by atoms with Crippen molar-refractivity contribution in [2.45, 2.75) is 97.8 Å². The molecule has 0 aliphatic carbocycles. The standard InChI is InChI=1S/C27H40N2O2/c1-4-6-7-8-9-10-11-12-13-14-15-23-16-18-24(19-17-23)26-28-20-25(21-29-26)31-27(30)22(3)5-2/h16-22H,4-15H2,1-3H3. The van der Waals surface area contributed by atoms with Gasteiger partial charge in [-0.05, 0) is 24.8 Å². The number of carbonyl (C=O) groups excluding carboxylic acids is 1. The molecule has 0 radical (unpaired) electrons. The largest absolute Gasteiger partial charge is 0.423 e. The van der Waals surface area contributed by atoms with E-state index >= 15 is 0 Å². The lowest BCUT2D eigenvalue weighted by atomic mass is 10.0. The lowest BCUT2D eigenvalue weighted by molar-refractivity contribution is -0.138. The first-order valence-electron chi connectivity index (χ1n) is 12.3. The lowest BCUT2D eigenvalue weighted by Crippen LogP contribution is -2.17. The first-order valence-corrected chi connectivity index (χ1v) is 12.3. The Bertz CT molecular complexity index is 741. The van der Waals surface area contributed by atoms with Crippen LogP contribution in [0.2, 0.25) is 0 Å². The minimum Gasteiger partial charge on any atom is -0.423 e. The van der Waals surface area contributed by atoms with Gasteiger partial charge in [0, 0.05) is 5.56 Å². The molecule has 0 saturated carbocycles. The van der Waals surface area contributed by atoms with Gasteiger partial charge in [-0.2, -0.15) is 0 Å². The second kappa shape index (κ2) is 14.7. The number of aromatic nitrogens is 2. The van der Waals surface area contributed by atoms with Gasteiger partial charge in [0.2, 0.25) is 0 Å². The van der Waals surface area contributed by atoms with E-state index in [9.17, 15) is 4.79 Å². The summed E-state index contributed by atoms with van der Waals surface area (Å²) in [4.78, 5) is 20.6. The van der Waals surface area contributed by atoms with Gasteiger partial charge in [-0.25, -0.2) is 9.97 Å². The monoisotopic (exact) mass is 424 g/mol. The molecule has 0 aliphatic rings. The maximum Gasteiger partial charge on any atom is 0.314 e. The molecule has 2 aromatic rings. The van der Waals surface area contributed by atoms with Crippen LogP contribution in [0.1, 0.15) is 97.0 Å². The molecule has 0 saturated heterocycles. The van der Waals surface area contributed by atoms with Gasteiger partial charge < -0.3 is 4.74 Å². The molecule has 1 atom stereocenters. The van der Waals surface area contributed by atoms with E-state index < -0.39 is 0 Å². The summed E-state index contributed by atoms with van der Waals surface area (Å²) in [5.41, 5.74) is 2.34. The molecule has 31 heavy (non-hydrogen) atoms. The highest BCUT2D eigenvalue weighted by molar-refractivity contribution is 5.74. The summed E-state index contributed by atoms with van der Waals surface area (Å²) in [7, 11) is 0. The van der Waals surface area contributed by atoms with Crippen LogP contribution in [0.25, 0.3) is 11.4 Å². The number of hydrogen-bond donors (Lipinski definition) is 0. The van der Waals surface area contributed by atoms with E-state index in [1.165, 1.54) is 69.8 Å². The highest BCUT2D eigenvalue weighted by atomic mass is 16.5. The second-order valence-electron chi connectivity index (χ2n) is 8.60. The zero-order valence-corrected chi connectivity index (χ0v) is 19.7. The molecule has 1 aromatic carbocycles. The smallest absolute Gasteiger partial charge is 0.314 e. The van der Waals surface area contributed by atoms with Crippen molar-refractivity contribution in [1.82, 2.24) is 9.97 Å². The van der Waals surface area contributed by atoms with Crippen molar-refractivity contribution >= 4 is 5.97 Å². The minimum atomic E-state index is -0.241. The Hall–Kier alpha value is -2.23. The topological polar surface area (TPSA) is 52.1 Å². The molecule has 4 heteroatoms. The number of ether oxygens (including phenoxy) is 1. The van der Waals surface area contributed by atoms with Crippen molar-refractivity contribution in [2.24, 2.45) is 5.92 Å². The summed E-state index contributed by atoms with van der Waals surface area (Å²) < 4.78 is 5.31. The van der Waals surface area contributed by atoms with Crippen LogP contribution in [-0.4, -0.2) is 15.9 Å². The van der Waals surface area contributed by atoms with Crippen LogP contribution < -0.4 is 4.74 Å². The van der Waals surface area contributed by atoms with E-state index in [1.807, 2.05) is 13.8 Å². The van der Waals surface area contributed by atoms with Crippen LogP contribution in [-0.2, 0) is 11.2 Å². The molecule has 0 fully saturated rings. The van der Waals surface area contributed by atoms with E-state index in [-0.39, 0.29) is 11.9 Å². The number of benzene rings is 1. The summed E-state index contributed by atoms with van der Waals surface area (Å²) in [6.07, 6.45) is 18.7. The molecule has 0 bridgehead atoms. The molecule has 170 valence electrons. The average Bonchev–Trinajstić information content (AvgIpc) is 2.80. The van der Waals surface area contributed by atoms with Crippen LogP contribution in [0.15, 0.2) is 36.7 Å². The van der Waals surface area contributed by atoms with Crippen LogP contribution in [0.4, 0.5) is 0 Å². The van der Waals surface area contributed by atoms with Crippen LogP contribution in [0, 0.1) is 5.92 Å². The normalized spacial score (nSPS) is 12.0. The number of unbranched alkanes of at least 4 members (excludes halogenated alkanes) is 9. The lowest BCUT2D eigenvalue weighted by Gasteiger charge is -2.08. The van der Waals surface area contributed by atoms with E-state index in [2.05, 4.69) is 41.2 Å². The third-order valence-corrected chi connectivity index (χ3v) is 5.89. The first kappa shape index (κ1) is 25.0. The van der Waals surface area contributed by atoms with Gasteiger partial charge in [0.1, 0.15) is 0 Å². The summed E-state index contributed by atoms with van der Waals surface area (Å²) >= 11 is 0. The zero-order valence-electron chi connectivity index (χ0n) is 19.7. The van der Waals surface area contributed by atoms with Crippen LogP contribution in [0.5, 0.6) is 5.75 Å². The van der Waals surface area contributed by atoms with Gasteiger partial charge in [-0.15, -0.1) is 0 Å². The molecule has 0 N–H and O–H groups in total. The quantitative estimate of drug-likeness (QED) is 0.219. The third-order valence-electron chi connectivity index (χ3n) is 5.89. The zero-order chi connectivity index (χ0) is 22.3. The number of nitrogens with zero attached hydrogens (tertiary/aromatic N) is 2. The molecular formula is C27H40N2O2. The predicted octanol–water partition coefficient (Wildman–Crippen LogP) is 7.56. The Morgan fingerprint density at radius 3 is 1.94 bits per heavy atom. The van der Waals surface area contributed by atoms with E-state index in [0.29, 0.717) is 11.6 Å². The summed E-state index contributed by atoms with van der Waals surface area (Å²) in [6.45, 7) is 6.09. The number of esters is 1. The minimum absolute atomic E-state index is 0.122.